The summed E-state index contributed by atoms with van der Waals surface area (Å²) in [7, 11) is 1.56. The number of esters is 1. The minimum absolute atomic E-state index is 0.0622. The Bertz CT molecular complexity index is 1690. The highest BCUT2D eigenvalue weighted by molar-refractivity contribution is 6.39. The molecule has 4 N–H and O–H groups in total. The first-order valence-electron chi connectivity index (χ1n) is 23.0. The summed E-state index contributed by atoms with van der Waals surface area (Å²) in [6.07, 6.45) is 11.3. The Morgan fingerprint density at radius 2 is 1.56 bits per heavy atom. The normalized spacial score (nSPS) is 40.6. The van der Waals surface area contributed by atoms with E-state index >= 15 is 0 Å². The molecule has 2 unspecified atom stereocenters. The molecule has 4 aliphatic rings. The number of piperidine rings is 1. The summed E-state index contributed by atoms with van der Waals surface area (Å²) in [4.78, 5) is 70.8. The van der Waals surface area contributed by atoms with Crippen molar-refractivity contribution in [3.63, 3.8) is 0 Å². The third-order valence-corrected chi connectivity index (χ3v) is 13.9. The highest BCUT2D eigenvalue weighted by Gasteiger charge is 2.53. The molecule has 13 heteroatoms. The molecular formula is C49H75NO12. The van der Waals surface area contributed by atoms with Crippen molar-refractivity contribution in [3.8, 4) is 0 Å². The van der Waals surface area contributed by atoms with Crippen LogP contribution in [0.5, 0.6) is 0 Å². The molecule has 0 spiro atoms. The maximum atomic E-state index is 14.3. The molecule has 4 rings (SSSR count). The van der Waals surface area contributed by atoms with E-state index in [4.69, 9.17) is 14.2 Å². The molecule has 3 heterocycles. The lowest BCUT2D eigenvalue weighted by atomic mass is 9.78. The minimum Gasteiger partial charge on any atom is -0.460 e. The molecule has 1 saturated carbocycles. The lowest BCUT2D eigenvalue weighted by molar-refractivity contribution is -0.265. The zero-order chi connectivity index (χ0) is 45.9. The summed E-state index contributed by atoms with van der Waals surface area (Å²) in [6.45, 7) is 12.6. The van der Waals surface area contributed by atoms with Crippen LogP contribution in [0.2, 0.25) is 0 Å². The first-order chi connectivity index (χ1) is 29.2. The van der Waals surface area contributed by atoms with Crippen LogP contribution in [0.1, 0.15) is 132 Å². The molecule has 348 valence electrons. The van der Waals surface area contributed by atoms with E-state index in [0.717, 1.165) is 6.42 Å². The van der Waals surface area contributed by atoms with Crippen molar-refractivity contribution in [2.75, 3.05) is 13.7 Å². The monoisotopic (exact) mass is 870 g/mol. The van der Waals surface area contributed by atoms with Crippen LogP contribution in [-0.4, -0.2) is 117 Å². The number of amides is 1. The minimum atomic E-state index is -2.47. The second kappa shape index (κ2) is 23.6. The van der Waals surface area contributed by atoms with E-state index in [2.05, 4.69) is 0 Å². The average Bonchev–Trinajstić information content (AvgIpc) is 3.23. The van der Waals surface area contributed by atoms with Gasteiger partial charge in [-0.25, -0.2) is 4.79 Å². The topological polar surface area (TPSA) is 197 Å². The van der Waals surface area contributed by atoms with E-state index in [1.54, 1.807) is 53.0 Å². The van der Waals surface area contributed by atoms with Gasteiger partial charge in [0.1, 0.15) is 23.7 Å². The fourth-order valence-corrected chi connectivity index (χ4v) is 9.51. The third-order valence-electron chi connectivity index (χ3n) is 13.9. The number of cyclic esters (lactones) is 1. The molecule has 2 saturated heterocycles. The van der Waals surface area contributed by atoms with Gasteiger partial charge in [-0.15, -0.1) is 0 Å². The Balaban J connectivity index is 1.66. The number of rotatable bonds is 4. The Morgan fingerprint density at radius 1 is 0.839 bits per heavy atom. The van der Waals surface area contributed by atoms with Gasteiger partial charge in [-0.1, -0.05) is 71.1 Å². The van der Waals surface area contributed by atoms with Crippen LogP contribution in [-0.2, 0) is 38.2 Å². The SMILES string of the molecule is CO[C@@H]1CC(C[C@@H](C)[C@@H]2CC(=O)[C@H](C)/C=C(\C)[C@@H](O)CC(=O)[C@H](C)C[C@H](C)/C=C/C=C/C=C(\C)[C@@H](O)C[C@@H]3CC[C@@H](C)[C@@](O)(O3)C(=O)C(=O)N3CCCCC3C(=O)O2)CC[C@H]1O. The second-order valence-corrected chi connectivity index (χ2v) is 19.1. The van der Waals surface area contributed by atoms with Gasteiger partial charge in [0.2, 0.25) is 5.79 Å². The van der Waals surface area contributed by atoms with Crippen molar-refractivity contribution < 1.29 is 58.6 Å². The first-order valence-corrected chi connectivity index (χ1v) is 23.0. The van der Waals surface area contributed by atoms with Crippen LogP contribution in [0, 0.1) is 35.5 Å². The van der Waals surface area contributed by atoms with Gasteiger partial charge in [-0.3, -0.25) is 19.2 Å². The number of aliphatic hydroxyl groups excluding tert-OH is 3. The molecule has 62 heavy (non-hydrogen) atoms. The van der Waals surface area contributed by atoms with Crippen molar-refractivity contribution in [1.82, 2.24) is 4.90 Å². The highest BCUT2D eigenvalue weighted by Crippen LogP contribution is 2.37. The molecule has 2 bridgehead atoms. The molecule has 0 aromatic carbocycles. The maximum absolute atomic E-state index is 14.3. The number of carbonyl (C=O) groups is 5. The number of allylic oxidation sites excluding steroid dienone is 6. The Hall–Kier alpha value is -3.33. The molecule has 13 nitrogen and oxygen atoms in total. The van der Waals surface area contributed by atoms with Crippen molar-refractivity contribution in [2.24, 2.45) is 35.5 Å². The number of methoxy groups -OCH3 is 1. The van der Waals surface area contributed by atoms with E-state index in [0.29, 0.717) is 62.5 Å². The van der Waals surface area contributed by atoms with E-state index in [9.17, 15) is 44.4 Å². The molecule has 1 aliphatic carbocycles. The molecule has 1 amide bonds. The quantitative estimate of drug-likeness (QED) is 0.149. The Labute approximate surface area is 369 Å². The summed E-state index contributed by atoms with van der Waals surface area (Å²) in [6, 6.07) is -1.14. The predicted molar refractivity (Wildman–Crippen MR) is 234 cm³/mol. The number of ketones is 3. The van der Waals surface area contributed by atoms with Crippen LogP contribution in [0.3, 0.4) is 0 Å². The van der Waals surface area contributed by atoms with E-state index in [1.165, 1.54) is 4.90 Å². The Kier molecular flexibility index (Phi) is 19.5. The number of nitrogens with zero attached hydrogens (tertiary/aromatic N) is 1. The molecule has 14 atom stereocenters. The molecule has 0 radical (unpaired) electrons. The van der Waals surface area contributed by atoms with E-state index < -0.39 is 71.8 Å². The van der Waals surface area contributed by atoms with Crippen molar-refractivity contribution in [1.29, 1.82) is 0 Å². The summed E-state index contributed by atoms with van der Waals surface area (Å²) in [5.74, 6) is -7.65. The largest absolute Gasteiger partial charge is 0.460 e. The summed E-state index contributed by atoms with van der Waals surface area (Å²) < 4.78 is 17.8. The zero-order valence-corrected chi connectivity index (χ0v) is 38.4. The summed E-state index contributed by atoms with van der Waals surface area (Å²) in [5, 5.41) is 44.4. The zero-order valence-electron chi connectivity index (χ0n) is 38.4. The molecular weight excluding hydrogens is 795 g/mol. The van der Waals surface area contributed by atoms with Gasteiger partial charge in [0.25, 0.3) is 11.7 Å². The highest BCUT2D eigenvalue weighted by atomic mass is 16.6. The lowest BCUT2D eigenvalue weighted by Gasteiger charge is -2.42. The van der Waals surface area contributed by atoms with Crippen molar-refractivity contribution in [3.05, 3.63) is 47.6 Å². The van der Waals surface area contributed by atoms with Crippen LogP contribution < -0.4 is 0 Å². The number of aliphatic hydroxyl groups is 4. The smallest absolute Gasteiger partial charge is 0.329 e. The third kappa shape index (κ3) is 13.8. The Morgan fingerprint density at radius 3 is 2.27 bits per heavy atom. The number of ether oxygens (including phenoxy) is 3. The van der Waals surface area contributed by atoms with Crippen molar-refractivity contribution in [2.45, 2.75) is 180 Å². The molecule has 3 aliphatic heterocycles. The standard InChI is InChI=1S/C49H75NO12/c1-29-14-10-9-11-15-30(2)40(52)26-37-19-17-35(7)49(59,62-37)46(56)47(57)50-21-13-12-16-38(50)48(58)61-44(34(6)24-36-18-20-39(51)45(25-36)60-8)28-43(55)33(5)23-32(4)42(54)27-41(53)31(3)22-29/h9-11,14-15,23,29,31,33-40,42,44-45,51-52,54,59H,12-13,16-22,24-28H2,1-8H3/b11-9+,14-10+,30-15+,32-23+/t29-,31-,33-,34-,35-,36?,37+,38?,39-,40+,42+,44+,45-,49-/m1/s1. The molecule has 3 fully saturated rings. The van der Waals surface area contributed by atoms with Gasteiger partial charge < -0.3 is 39.5 Å². The first kappa shape index (κ1) is 51.3. The second-order valence-electron chi connectivity index (χ2n) is 19.1. The van der Waals surface area contributed by atoms with Crippen molar-refractivity contribution >= 4 is 29.2 Å². The predicted octanol–water partition coefficient (Wildman–Crippen LogP) is 5.90. The lowest BCUT2D eigenvalue weighted by Crippen LogP contribution is -2.61. The molecule has 0 aromatic rings. The van der Waals surface area contributed by atoms with Crippen LogP contribution >= 0.6 is 0 Å². The number of Topliss-reactive ketones (excluding diaryl/α,β-unsaturated/α-hetero) is 3. The van der Waals surface area contributed by atoms with Crippen LogP contribution in [0.15, 0.2) is 47.6 Å². The van der Waals surface area contributed by atoms with E-state index in [1.807, 2.05) is 39.0 Å². The average molecular weight is 870 g/mol. The van der Waals surface area contributed by atoms with Gasteiger partial charge in [0.05, 0.1) is 30.5 Å². The van der Waals surface area contributed by atoms with Gasteiger partial charge in [0.15, 0.2) is 0 Å². The van der Waals surface area contributed by atoms with Crippen LogP contribution in [0.25, 0.3) is 0 Å². The maximum Gasteiger partial charge on any atom is 0.329 e. The summed E-state index contributed by atoms with van der Waals surface area (Å²) in [5.41, 5.74) is 1.12. The van der Waals surface area contributed by atoms with Gasteiger partial charge >= 0.3 is 5.97 Å². The van der Waals surface area contributed by atoms with Gasteiger partial charge in [-0.2, -0.15) is 0 Å². The van der Waals surface area contributed by atoms with Gasteiger partial charge in [0, 0.05) is 50.7 Å². The summed E-state index contributed by atoms with van der Waals surface area (Å²) >= 11 is 0. The number of carbonyl (C=O) groups excluding carboxylic acids is 5. The number of fused-ring (bicyclic) bond motifs is 3. The number of hydrogen-bond donors (Lipinski definition) is 4. The van der Waals surface area contributed by atoms with Crippen LogP contribution in [0.4, 0.5) is 0 Å². The van der Waals surface area contributed by atoms with E-state index in [-0.39, 0.29) is 73.6 Å². The molecule has 0 aromatic heterocycles. The fraction of sp³-hybridized carbons (Fsp3) is 0.735. The van der Waals surface area contributed by atoms with Gasteiger partial charge in [-0.05, 0) is 107 Å². The fourth-order valence-electron chi connectivity index (χ4n) is 9.51. The number of hydrogen-bond acceptors (Lipinski definition) is 12.